The number of unbranched alkanes of at least 4 members (excludes halogenated alkanes) is 1. The first kappa shape index (κ1) is 29.4. The first-order valence-electron chi connectivity index (χ1n) is 13.8. The van der Waals surface area contributed by atoms with Gasteiger partial charge in [-0.1, -0.05) is 6.42 Å². The minimum Gasteiger partial charge on any atom is -0.481 e. The maximum atomic E-state index is 12.7. The van der Waals surface area contributed by atoms with Gasteiger partial charge in [0, 0.05) is 30.4 Å². The number of aliphatic hydroxyl groups excluding tert-OH is 2. The highest BCUT2D eigenvalue weighted by atomic mass is 32.2. The number of fused-ring (bicyclic) bond motifs is 2. The Bertz CT molecular complexity index is 1260. The fraction of sp³-hybridized carbons (Fsp3) is 0.680. The first-order chi connectivity index (χ1) is 19.7. The molecule has 0 aliphatic carbocycles. The minimum absolute atomic E-state index is 0.0441. The third-order valence-electron chi connectivity index (χ3n) is 7.73. The lowest BCUT2D eigenvalue weighted by atomic mass is 10.0. The van der Waals surface area contributed by atoms with Crippen LogP contribution in [0.15, 0.2) is 12.7 Å². The lowest BCUT2D eigenvalue weighted by molar-refractivity contribution is -0.137. The number of nitrogens with one attached hydrogen (secondary N) is 3. The number of carbonyl (C=O) groups excluding carboxylic acids is 2. The van der Waals surface area contributed by atoms with Crippen LogP contribution >= 0.6 is 11.8 Å². The van der Waals surface area contributed by atoms with E-state index in [4.69, 9.17) is 9.84 Å². The molecule has 16 heteroatoms. The molecule has 15 nitrogen and oxygen atoms in total. The summed E-state index contributed by atoms with van der Waals surface area (Å²) in [5.74, 6) is 0.0756. The molecule has 2 aromatic rings. The third kappa shape index (κ3) is 6.72. The van der Waals surface area contributed by atoms with Crippen LogP contribution in [0.1, 0.15) is 44.8 Å². The normalized spacial score (nSPS) is 29.1. The van der Waals surface area contributed by atoms with E-state index in [9.17, 15) is 24.6 Å². The molecule has 3 saturated heterocycles. The number of amides is 3. The fourth-order valence-corrected chi connectivity index (χ4v) is 7.15. The summed E-state index contributed by atoms with van der Waals surface area (Å²) < 4.78 is 7.49. The van der Waals surface area contributed by atoms with Crippen molar-refractivity contribution in [3.63, 3.8) is 0 Å². The number of aliphatic carboxylic acids is 1. The van der Waals surface area contributed by atoms with Gasteiger partial charge < -0.3 is 40.9 Å². The van der Waals surface area contributed by atoms with Crippen molar-refractivity contribution in [3.05, 3.63) is 12.7 Å². The summed E-state index contributed by atoms with van der Waals surface area (Å²) in [5.41, 5.74) is 0.667. The Hall–Kier alpha value is -3.05. The zero-order valence-corrected chi connectivity index (χ0v) is 23.5. The monoisotopic (exact) mass is 592 g/mol. The second kappa shape index (κ2) is 12.9. The summed E-state index contributed by atoms with van der Waals surface area (Å²) in [7, 11) is 1.79. The number of nitrogens with zero attached hydrogens (tertiary/aromatic N) is 5. The summed E-state index contributed by atoms with van der Waals surface area (Å²) in [6.45, 7) is 0.795. The maximum absolute atomic E-state index is 12.7. The quantitative estimate of drug-likeness (QED) is 0.133. The zero-order valence-electron chi connectivity index (χ0n) is 22.7. The average Bonchev–Trinajstić information content (AvgIpc) is 3.67. The molecule has 2 aromatic heterocycles. The molecule has 5 rings (SSSR count). The Morgan fingerprint density at radius 1 is 1.17 bits per heavy atom. The van der Waals surface area contributed by atoms with Crippen LogP contribution in [-0.2, 0) is 14.3 Å². The number of hydrogen-bond donors (Lipinski definition) is 6. The Labute approximate surface area is 240 Å². The maximum Gasteiger partial charge on any atom is 0.315 e. The van der Waals surface area contributed by atoms with Gasteiger partial charge in [0.15, 0.2) is 23.2 Å². The van der Waals surface area contributed by atoms with Crippen LogP contribution in [0.5, 0.6) is 0 Å². The molecule has 3 fully saturated rings. The standard InChI is InChI=1S/C25H36N8O7S/c1-32(8-4-7-17(35)36)9-14-20(37)21(38)24(40-14)33-12-28-19-22(26-11-27-23(19)33)30-16(34)6-3-2-5-15-18-13(10-41-15)29-25(39)31-18/h11-15,18,20-21,24,37-38H,2-10H2,1H3,(H,35,36)(H2,29,31,39)(H,26,27,30,34)/t13-,14+,15?,18-,20+,21?,24?/m0/s1. The van der Waals surface area contributed by atoms with Crippen LogP contribution in [0.3, 0.4) is 0 Å². The van der Waals surface area contributed by atoms with Crippen LogP contribution in [0.4, 0.5) is 10.6 Å². The summed E-state index contributed by atoms with van der Waals surface area (Å²) in [6, 6.07) is 0.225. The molecule has 0 radical (unpaired) electrons. The Balaban J connectivity index is 1.14. The van der Waals surface area contributed by atoms with Crippen LogP contribution in [0.2, 0.25) is 0 Å². The van der Waals surface area contributed by atoms with Gasteiger partial charge in [-0.05, 0) is 32.9 Å². The molecule has 3 unspecified atom stereocenters. The highest BCUT2D eigenvalue weighted by Crippen LogP contribution is 2.34. The van der Waals surface area contributed by atoms with Gasteiger partial charge in [-0.2, -0.15) is 11.8 Å². The highest BCUT2D eigenvalue weighted by molar-refractivity contribution is 8.00. The van der Waals surface area contributed by atoms with Gasteiger partial charge in [-0.3, -0.25) is 14.2 Å². The smallest absolute Gasteiger partial charge is 0.315 e. The summed E-state index contributed by atoms with van der Waals surface area (Å²) in [6.07, 6.45) is 1.89. The lowest BCUT2D eigenvalue weighted by Gasteiger charge is -2.22. The number of imidazole rings is 1. The van der Waals surface area contributed by atoms with Crippen molar-refractivity contribution in [2.24, 2.45) is 0 Å². The van der Waals surface area contributed by atoms with Crippen molar-refractivity contribution in [1.82, 2.24) is 35.1 Å². The number of carboxylic acid groups (broad SMARTS) is 1. The lowest BCUT2D eigenvalue weighted by Crippen LogP contribution is -2.38. The molecule has 3 amide bonds. The second-order valence-corrected chi connectivity index (χ2v) is 12.0. The number of thioether (sulfide) groups is 1. The van der Waals surface area contributed by atoms with Gasteiger partial charge in [-0.15, -0.1) is 0 Å². The molecule has 0 bridgehead atoms. The molecule has 6 N–H and O–H groups in total. The number of aliphatic hydroxyl groups is 2. The number of carboxylic acids is 1. The highest BCUT2D eigenvalue weighted by Gasteiger charge is 2.45. The Morgan fingerprint density at radius 3 is 2.80 bits per heavy atom. The molecule has 3 aliphatic heterocycles. The number of rotatable bonds is 13. The minimum atomic E-state index is -1.25. The fourth-order valence-electron chi connectivity index (χ4n) is 5.61. The predicted octanol–water partition coefficient (Wildman–Crippen LogP) is -0.0936. The van der Waals surface area contributed by atoms with Gasteiger partial charge in [0.2, 0.25) is 5.91 Å². The van der Waals surface area contributed by atoms with Gasteiger partial charge in [-0.25, -0.2) is 19.7 Å². The zero-order chi connectivity index (χ0) is 29.1. The summed E-state index contributed by atoms with van der Waals surface area (Å²) >= 11 is 1.85. The molecule has 3 aliphatic rings. The third-order valence-corrected chi connectivity index (χ3v) is 9.24. The van der Waals surface area contributed by atoms with Crippen molar-refractivity contribution in [3.8, 4) is 0 Å². The molecule has 0 aromatic carbocycles. The number of ether oxygens (including phenoxy) is 1. The van der Waals surface area contributed by atoms with E-state index in [-0.39, 0.29) is 36.3 Å². The van der Waals surface area contributed by atoms with E-state index < -0.39 is 30.5 Å². The SMILES string of the molecule is CN(CCCC(=O)O)C[C@H]1OC(n2cnc3c(NC(=O)CCCCC4SC[C@@H]5NC(=O)N[C@H]45)ncnc32)C(O)[C@@H]1O. The van der Waals surface area contributed by atoms with Crippen molar-refractivity contribution in [2.45, 2.75) is 80.4 Å². The van der Waals surface area contributed by atoms with Crippen LogP contribution < -0.4 is 16.0 Å². The van der Waals surface area contributed by atoms with Crippen molar-refractivity contribution < 1.29 is 34.4 Å². The molecular formula is C25H36N8O7S. The van der Waals surface area contributed by atoms with Crippen molar-refractivity contribution >= 4 is 46.7 Å². The van der Waals surface area contributed by atoms with E-state index in [1.54, 1.807) is 7.05 Å². The number of carbonyl (C=O) groups is 3. The van der Waals surface area contributed by atoms with Crippen molar-refractivity contribution in [1.29, 1.82) is 0 Å². The first-order valence-corrected chi connectivity index (χ1v) is 14.8. The van der Waals surface area contributed by atoms with E-state index in [1.807, 2.05) is 16.7 Å². The number of likely N-dealkylation sites (N-methyl/N-ethyl adjacent to an activating group) is 1. The van der Waals surface area contributed by atoms with Crippen LogP contribution in [-0.4, -0.2) is 119 Å². The summed E-state index contributed by atoms with van der Waals surface area (Å²) in [5, 5.41) is 39.2. The molecule has 7 atom stereocenters. The number of hydrogen-bond acceptors (Lipinski definition) is 11. The van der Waals surface area contributed by atoms with Gasteiger partial charge in [0.05, 0.1) is 18.4 Å². The molecule has 0 saturated carbocycles. The largest absolute Gasteiger partial charge is 0.481 e. The predicted molar refractivity (Wildman–Crippen MR) is 148 cm³/mol. The van der Waals surface area contributed by atoms with Gasteiger partial charge >= 0.3 is 12.0 Å². The second-order valence-electron chi connectivity index (χ2n) is 10.8. The van der Waals surface area contributed by atoms with E-state index >= 15 is 0 Å². The van der Waals surface area contributed by atoms with E-state index in [0.29, 0.717) is 48.8 Å². The molecule has 41 heavy (non-hydrogen) atoms. The number of anilines is 1. The molecular weight excluding hydrogens is 556 g/mol. The molecule has 5 heterocycles. The van der Waals surface area contributed by atoms with Gasteiger partial charge in [0.25, 0.3) is 0 Å². The Morgan fingerprint density at radius 2 is 2.00 bits per heavy atom. The number of aromatic nitrogens is 4. The van der Waals surface area contributed by atoms with Crippen LogP contribution in [0, 0.1) is 0 Å². The van der Waals surface area contributed by atoms with E-state index in [0.717, 1.165) is 18.6 Å². The van der Waals surface area contributed by atoms with E-state index in [2.05, 4.69) is 30.9 Å². The number of urea groups is 1. The molecule has 0 spiro atoms. The Kier molecular flexibility index (Phi) is 9.23. The molecule has 224 valence electrons. The average molecular weight is 593 g/mol. The van der Waals surface area contributed by atoms with Crippen molar-refractivity contribution in [2.75, 3.05) is 31.2 Å². The van der Waals surface area contributed by atoms with Gasteiger partial charge in [0.1, 0.15) is 24.6 Å². The topological polar surface area (TPSA) is 204 Å². The van der Waals surface area contributed by atoms with Crippen LogP contribution in [0.25, 0.3) is 11.2 Å². The van der Waals surface area contributed by atoms with E-state index in [1.165, 1.54) is 17.2 Å². The summed E-state index contributed by atoms with van der Waals surface area (Å²) in [4.78, 5) is 49.6.